The van der Waals surface area contributed by atoms with Crippen LogP contribution in [-0.4, -0.2) is 43.6 Å². The van der Waals surface area contributed by atoms with Crippen LogP contribution < -0.4 is 5.32 Å². The maximum Gasteiger partial charge on any atom is 0.416 e. The summed E-state index contributed by atoms with van der Waals surface area (Å²) >= 11 is 8.35. The van der Waals surface area contributed by atoms with Gasteiger partial charge >= 0.3 is 18.3 Å². The number of carboxylic acids is 1. The van der Waals surface area contributed by atoms with Crippen molar-refractivity contribution in [3.8, 4) is 11.1 Å². The number of nitrogens with zero attached hydrogens (tertiary/aromatic N) is 2. The van der Waals surface area contributed by atoms with E-state index in [0.717, 1.165) is 34.4 Å². The average Bonchev–Trinajstić information content (AvgIpc) is 3.61. The number of carboxylic acid groups (broad SMARTS) is 1. The third-order valence-electron chi connectivity index (χ3n) is 5.64. The van der Waals surface area contributed by atoms with Crippen molar-refractivity contribution < 1.29 is 45.8 Å². The van der Waals surface area contributed by atoms with Crippen molar-refractivity contribution in [2.24, 2.45) is 0 Å². The number of carbonyl (C=O) groups excluding carboxylic acids is 2. The fourth-order valence-electron chi connectivity index (χ4n) is 3.63. The summed E-state index contributed by atoms with van der Waals surface area (Å²) in [5.41, 5.74) is -2.51. The van der Waals surface area contributed by atoms with Gasteiger partial charge in [-0.2, -0.15) is 26.3 Å². The van der Waals surface area contributed by atoms with Crippen molar-refractivity contribution in [3.63, 3.8) is 0 Å². The van der Waals surface area contributed by atoms with Crippen LogP contribution in [-0.2, 0) is 33.2 Å². The lowest BCUT2D eigenvalue weighted by molar-refractivity contribution is -0.143. The van der Waals surface area contributed by atoms with Gasteiger partial charge in [-0.15, -0.1) is 22.7 Å². The number of alkyl halides is 6. The van der Waals surface area contributed by atoms with Crippen LogP contribution in [0.2, 0.25) is 0 Å². The van der Waals surface area contributed by atoms with Crippen molar-refractivity contribution in [1.29, 1.82) is 0 Å². The van der Waals surface area contributed by atoms with Crippen molar-refractivity contribution >= 4 is 80.0 Å². The molecule has 4 rings (SSSR count). The number of rotatable bonds is 9. The SMILES string of the molecule is O=C(O)CCc1csc(NC(=O)CCN2C(=O)C(=Cc3cc(-c4cc(C(F)(F)F)cc(C(F)(F)F)c4)cs3)SC2=S)n1. The van der Waals surface area contributed by atoms with Crippen LogP contribution in [0.25, 0.3) is 17.2 Å². The van der Waals surface area contributed by atoms with E-state index < -0.39 is 41.3 Å². The monoisotopic (exact) mass is 665 g/mol. The molecule has 1 saturated heterocycles. The molecule has 2 N–H and O–H groups in total. The molecule has 42 heavy (non-hydrogen) atoms. The highest BCUT2D eigenvalue weighted by atomic mass is 32.2. The minimum absolute atomic E-state index is 0.0504. The van der Waals surface area contributed by atoms with Gasteiger partial charge in [0.15, 0.2) is 5.13 Å². The molecule has 17 heteroatoms. The Morgan fingerprint density at radius 1 is 0.976 bits per heavy atom. The largest absolute Gasteiger partial charge is 0.481 e. The molecule has 0 unspecified atom stereocenters. The standard InChI is InChI=1S/C25H17F6N3O4S4/c26-24(27,28)14-5-12(6-15(8-14)25(29,30)31)13-7-17(40-10-13)9-18-21(38)34(23(39)42-18)4-3-19(35)33-22-32-16(11-41-22)1-2-20(36)37/h5-11H,1-4H2,(H,36,37)(H,32,33,35). The minimum atomic E-state index is -4.98. The highest BCUT2D eigenvalue weighted by Crippen LogP contribution is 2.40. The molecule has 0 bridgehead atoms. The summed E-state index contributed by atoms with van der Waals surface area (Å²) in [7, 11) is 0. The van der Waals surface area contributed by atoms with E-state index in [-0.39, 0.29) is 57.4 Å². The first-order valence-electron chi connectivity index (χ1n) is 11.7. The van der Waals surface area contributed by atoms with Gasteiger partial charge < -0.3 is 10.4 Å². The molecule has 1 fully saturated rings. The first-order chi connectivity index (χ1) is 19.6. The summed E-state index contributed by atoms with van der Waals surface area (Å²) < 4.78 is 79.6. The number of benzene rings is 1. The summed E-state index contributed by atoms with van der Waals surface area (Å²) in [6.07, 6.45) is -8.54. The number of hydrogen-bond acceptors (Lipinski definition) is 8. The van der Waals surface area contributed by atoms with E-state index in [1.54, 1.807) is 5.38 Å². The van der Waals surface area contributed by atoms with Gasteiger partial charge in [-0.05, 0) is 46.8 Å². The molecule has 0 aliphatic carbocycles. The average molecular weight is 666 g/mol. The predicted octanol–water partition coefficient (Wildman–Crippen LogP) is 7.16. The first kappa shape index (κ1) is 31.7. The van der Waals surface area contributed by atoms with Crippen LogP contribution in [0.4, 0.5) is 31.5 Å². The van der Waals surface area contributed by atoms with Gasteiger partial charge in [0.05, 0.1) is 28.1 Å². The zero-order valence-electron chi connectivity index (χ0n) is 20.8. The number of aliphatic carboxylic acids is 1. The molecule has 1 aliphatic heterocycles. The zero-order chi connectivity index (χ0) is 30.8. The summed E-state index contributed by atoms with van der Waals surface area (Å²) in [4.78, 5) is 41.9. The lowest BCUT2D eigenvalue weighted by Crippen LogP contribution is -2.31. The second-order valence-electron chi connectivity index (χ2n) is 8.70. The Morgan fingerprint density at radius 3 is 2.26 bits per heavy atom. The molecule has 3 aromatic rings. The molecular weight excluding hydrogens is 649 g/mol. The first-order valence-corrected chi connectivity index (χ1v) is 14.7. The Hall–Kier alpha value is -3.28. The normalized spacial score (nSPS) is 15.1. The minimum Gasteiger partial charge on any atom is -0.481 e. The Labute approximate surface area is 251 Å². The second-order valence-corrected chi connectivity index (χ2v) is 12.2. The second kappa shape index (κ2) is 12.5. The maximum atomic E-state index is 13.2. The maximum absolute atomic E-state index is 13.2. The molecule has 0 atom stereocenters. The predicted molar refractivity (Wildman–Crippen MR) is 151 cm³/mol. The molecule has 3 heterocycles. The number of aryl methyl sites for hydroxylation is 1. The van der Waals surface area contributed by atoms with Crippen LogP contribution in [0.5, 0.6) is 0 Å². The molecule has 2 aromatic heterocycles. The third kappa shape index (κ3) is 7.96. The molecule has 0 radical (unpaired) electrons. The van der Waals surface area contributed by atoms with Gasteiger partial charge in [0, 0.05) is 29.6 Å². The zero-order valence-corrected chi connectivity index (χ0v) is 24.1. The Bertz CT molecular complexity index is 1550. The van der Waals surface area contributed by atoms with E-state index in [4.69, 9.17) is 17.3 Å². The highest BCUT2D eigenvalue weighted by molar-refractivity contribution is 8.26. The van der Waals surface area contributed by atoms with E-state index in [2.05, 4.69) is 10.3 Å². The Morgan fingerprint density at radius 2 is 1.64 bits per heavy atom. The number of halogens is 6. The fourth-order valence-corrected chi connectivity index (χ4v) is 6.62. The number of thiocarbonyl (C=S) groups is 1. The van der Waals surface area contributed by atoms with Crippen molar-refractivity contribution in [2.45, 2.75) is 31.6 Å². The molecule has 7 nitrogen and oxygen atoms in total. The highest BCUT2D eigenvalue weighted by Gasteiger charge is 2.37. The van der Waals surface area contributed by atoms with Crippen LogP contribution in [0.15, 0.2) is 39.9 Å². The number of hydrogen-bond donors (Lipinski definition) is 2. The number of carbonyl (C=O) groups is 3. The molecule has 1 aliphatic rings. The topological polar surface area (TPSA) is 99.6 Å². The van der Waals surface area contributed by atoms with E-state index in [1.807, 2.05) is 0 Å². The smallest absolute Gasteiger partial charge is 0.416 e. The van der Waals surface area contributed by atoms with Gasteiger partial charge in [-0.25, -0.2) is 4.98 Å². The molecular formula is C25H17F6N3O4S4. The number of anilines is 1. The summed E-state index contributed by atoms with van der Waals surface area (Å²) in [6, 6.07) is 2.69. The summed E-state index contributed by atoms with van der Waals surface area (Å²) in [6.45, 7) is -0.0504. The van der Waals surface area contributed by atoms with E-state index in [1.165, 1.54) is 22.4 Å². The lowest BCUT2D eigenvalue weighted by atomic mass is 10.0. The van der Waals surface area contributed by atoms with Crippen molar-refractivity contribution in [1.82, 2.24) is 9.88 Å². The number of thiazole rings is 1. The number of thioether (sulfide) groups is 1. The van der Waals surface area contributed by atoms with Crippen LogP contribution in [0.1, 0.15) is 34.5 Å². The molecule has 1 aromatic carbocycles. The third-order valence-corrected chi connectivity index (χ3v) is 8.71. The lowest BCUT2D eigenvalue weighted by Gasteiger charge is -2.13. The quantitative estimate of drug-likeness (QED) is 0.142. The van der Waals surface area contributed by atoms with Gasteiger partial charge in [0.25, 0.3) is 5.91 Å². The molecule has 2 amide bonds. The van der Waals surface area contributed by atoms with Gasteiger partial charge in [-0.1, -0.05) is 24.0 Å². The number of nitrogens with one attached hydrogen (secondary N) is 1. The van der Waals surface area contributed by atoms with E-state index in [9.17, 15) is 40.7 Å². The molecule has 222 valence electrons. The van der Waals surface area contributed by atoms with Crippen molar-refractivity contribution in [3.05, 3.63) is 61.6 Å². The van der Waals surface area contributed by atoms with Crippen LogP contribution >= 0.6 is 46.7 Å². The van der Waals surface area contributed by atoms with Gasteiger partial charge in [0.1, 0.15) is 4.32 Å². The van der Waals surface area contributed by atoms with Gasteiger partial charge in [0.2, 0.25) is 5.91 Å². The van der Waals surface area contributed by atoms with E-state index in [0.29, 0.717) is 22.7 Å². The van der Waals surface area contributed by atoms with Crippen LogP contribution in [0, 0.1) is 0 Å². The van der Waals surface area contributed by atoms with Crippen molar-refractivity contribution in [2.75, 3.05) is 11.9 Å². The molecule has 0 saturated carbocycles. The number of aromatic nitrogens is 1. The summed E-state index contributed by atoms with van der Waals surface area (Å²) in [5, 5.41) is 14.6. The van der Waals surface area contributed by atoms with Crippen LogP contribution in [0.3, 0.4) is 0 Å². The Balaban J connectivity index is 1.42. The molecule has 0 spiro atoms. The van der Waals surface area contributed by atoms with Gasteiger partial charge in [-0.3, -0.25) is 19.3 Å². The number of amides is 2. The fraction of sp³-hybridized carbons (Fsp3) is 0.240. The Kier molecular flexibility index (Phi) is 9.44. The summed E-state index contributed by atoms with van der Waals surface area (Å²) in [5.74, 6) is -1.92. The number of thiophene rings is 1. The van der Waals surface area contributed by atoms with E-state index >= 15 is 0 Å².